The van der Waals surface area contributed by atoms with Gasteiger partial charge in [-0.2, -0.15) is 0 Å². The van der Waals surface area contributed by atoms with E-state index in [0.29, 0.717) is 11.7 Å². The molecule has 0 amide bonds. The molecule has 0 saturated heterocycles. The van der Waals surface area contributed by atoms with E-state index in [1.54, 1.807) is 0 Å². The van der Waals surface area contributed by atoms with E-state index in [9.17, 15) is 9.46 Å². The second-order valence-corrected chi connectivity index (χ2v) is 15.2. The number of aryl methyl sites for hydroxylation is 6. The number of fused-ring (bicyclic) bond motifs is 7. The summed E-state index contributed by atoms with van der Waals surface area (Å²) in [5, 5.41) is 0. The molecular weight excluding hydrogens is 563 g/mol. The van der Waals surface area contributed by atoms with Crippen LogP contribution in [-0.2, 0) is 28.4 Å². The minimum atomic E-state index is -4.50. The van der Waals surface area contributed by atoms with Crippen molar-refractivity contribution in [2.45, 2.75) is 92.1 Å². The summed E-state index contributed by atoms with van der Waals surface area (Å²) < 4.78 is 26.9. The van der Waals surface area contributed by atoms with Crippen LogP contribution in [0, 0.1) is 47.5 Å². The van der Waals surface area contributed by atoms with Gasteiger partial charge in [-0.05, 0) is 135 Å². The molecule has 7 rings (SSSR count). The molecule has 5 heteroatoms. The van der Waals surface area contributed by atoms with Gasteiger partial charge in [0.2, 0.25) is 0 Å². The maximum Gasteiger partial charge on any atom is 0.527 e. The Kier molecular flexibility index (Phi) is 7.20. The molecule has 4 aromatic rings. The first kappa shape index (κ1) is 29.5. The van der Waals surface area contributed by atoms with Crippen LogP contribution in [0.25, 0.3) is 11.1 Å². The highest BCUT2D eigenvalue weighted by atomic mass is 31.2. The molecule has 0 spiro atoms. The van der Waals surface area contributed by atoms with Gasteiger partial charge in [-0.3, -0.25) is 9.42 Å². The predicted octanol–water partition coefficient (Wildman–Crippen LogP) is 9.68. The lowest BCUT2D eigenvalue weighted by Crippen LogP contribution is -2.36. The fourth-order valence-electron chi connectivity index (χ4n) is 8.92. The van der Waals surface area contributed by atoms with Crippen molar-refractivity contribution < 1.29 is 18.5 Å². The number of hydrogen-bond acceptors (Lipinski definition) is 3. The van der Waals surface area contributed by atoms with E-state index in [2.05, 4.69) is 103 Å². The van der Waals surface area contributed by atoms with Gasteiger partial charge in [0.15, 0.2) is 0 Å². The second-order valence-electron chi connectivity index (χ2n) is 13.9. The summed E-state index contributed by atoms with van der Waals surface area (Å²) in [7, 11) is -4.50. The monoisotopic (exact) mass is 606 g/mol. The van der Waals surface area contributed by atoms with Gasteiger partial charge in [0.25, 0.3) is 0 Å². The van der Waals surface area contributed by atoms with Crippen LogP contribution in [0.15, 0.2) is 54.6 Å². The van der Waals surface area contributed by atoms with Gasteiger partial charge in [-0.25, -0.2) is 4.57 Å². The molecule has 5 atom stereocenters. The predicted molar refractivity (Wildman–Crippen MR) is 178 cm³/mol. The van der Waals surface area contributed by atoms with E-state index >= 15 is 0 Å². The summed E-state index contributed by atoms with van der Waals surface area (Å²) in [6.07, 6.45) is 3.17. The maximum absolute atomic E-state index is 14.1. The lowest BCUT2D eigenvalue weighted by Gasteiger charge is -2.41. The molecule has 1 N–H and O–H groups in total. The Morgan fingerprint density at radius 1 is 0.795 bits per heavy atom. The molecule has 228 valence electrons. The first-order valence-corrected chi connectivity index (χ1v) is 17.5. The summed E-state index contributed by atoms with van der Waals surface area (Å²) in [6, 6.07) is 19.7. The first-order chi connectivity index (χ1) is 20.9. The quantitative estimate of drug-likeness (QED) is 0.231. The zero-order chi connectivity index (χ0) is 31.1. The van der Waals surface area contributed by atoms with Crippen LogP contribution in [0.2, 0.25) is 0 Å². The number of phosphoric ester groups is 1. The van der Waals surface area contributed by atoms with Crippen molar-refractivity contribution in [2.24, 2.45) is 5.92 Å². The van der Waals surface area contributed by atoms with Crippen LogP contribution in [0.3, 0.4) is 0 Å². The SMILES string of the molecule is Cc1cc(C)c(-c2cc3c(c4c2OP(=O)(O)OC2C(c5c(C)cc(C)cc5C)Cc5ccccc5[C@H]42)CCC(C)C3)c(C)c1. The Labute approximate surface area is 262 Å². The van der Waals surface area contributed by atoms with Gasteiger partial charge in [0.1, 0.15) is 5.75 Å². The topological polar surface area (TPSA) is 55.8 Å². The molecule has 0 bridgehead atoms. The molecule has 2 aliphatic carbocycles. The van der Waals surface area contributed by atoms with Gasteiger partial charge in [0.05, 0.1) is 6.10 Å². The third-order valence-corrected chi connectivity index (χ3v) is 11.3. The minimum absolute atomic E-state index is 0.102. The Hall–Kier alpha value is -3.17. The molecule has 3 aliphatic rings. The first-order valence-electron chi connectivity index (χ1n) is 16.0. The molecule has 1 aliphatic heterocycles. The van der Waals surface area contributed by atoms with E-state index in [-0.39, 0.29) is 11.8 Å². The van der Waals surface area contributed by atoms with Crippen molar-refractivity contribution >= 4 is 7.82 Å². The third-order valence-electron chi connectivity index (χ3n) is 10.4. The van der Waals surface area contributed by atoms with Gasteiger partial charge in [0, 0.05) is 23.0 Å². The summed E-state index contributed by atoms with van der Waals surface area (Å²) >= 11 is 0. The maximum atomic E-state index is 14.1. The van der Waals surface area contributed by atoms with Crippen LogP contribution in [0.5, 0.6) is 5.75 Å². The van der Waals surface area contributed by atoms with Crippen LogP contribution in [0.4, 0.5) is 0 Å². The van der Waals surface area contributed by atoms with Crippen LogP contribution < -0.4 is 4.52 Å². The molecule has 0 radical (unpaired) electrons. The summed E-state index contributed by atoms with van der Waals surface area (Å²) in [6.45, 7) is 15.2. The van der Waals surface area contributed by atoms with E-state index in [0.717, 1.165) is 53.5 Å². The Bertz CT molecular complexity index is 1820. The van der Waals surface area contributed by atoms with Crippen molar-refractivity contribution in [3.63, 3.8) is 0 Å². The van der Waals surface area contributed by atoms with Gasteiger partial charge >= 0.3 is 7.82 Å². The summed E-state index contributed by atoms with van der Waals surface area (Å²) in [5.41, 5.74) is 16.4. The van der Waals surface area contributed by atoms with Crippen molar-refractivity contribution in [1.82, 2.24) is 0 Å². The molecular formula is C39H43O4P. The molecule has 1 heterocycles. The van der Waals surface area contributed by atoms with Crippen LogP contribution in [0.1, 0.15) is 91.9 Å². The standard InChI is InChI=1S/C39H43O4P/c1-21-12-13-31-29(18-21)20-33(35-26(6)16-23(3)17-27(35)7)39-37(31)36-30-11-9-8-10-28(30)19-32(38(36)42-44(40,41)43-39)34-24(4)14-22(2)15-25(34)5/h8-11,14-17,20-21,32,36,38H,12-13,18-19H2,1-7H3,(H,40,41)/t21?,32?,36-,38?/m1/s1. The Morgan fingerprint density at radius 2 is 1.43 bits per heavy atom. The van der Waals surface area contributed by atoms with E-state index in [4.69, 9.17) is 9.05 Å². The van der Waals surface area contributed by atoms with Gasteiger partial charge < -0.3 is 4.52 Å². The largest absolute Gasteiger partial charge is 0.527 e. The third kappa shape index (κ3) is 4.87. The number of phosphoric acid groups is 1. The molecule has 0 fully saturated rings. The van der Waals surface area contributed by atoms with Crippen molar-refractivity contribution in [2.75, 3.05) is 0 Å². The highest BCUT2D eigenvalue weighted by Crippen LogP contribution is 2.62. The molecule has 0 aromatic heterocycles. The minimum Gasteiger partial charge on any atom is -0.403 e. The van der Waals surface area contributed by atoms with E-state index in [1.165, 1.54) is 50.1 Å². The van der Waals surface area contributed by atoms with E-state index < -0.39 is 13.9 Å². The van der Waals surface area contributed by atoms with Crippen molar-refractivity contribution in [1.29, 1.82) is 0 Å². The normalized spacial score (nSPS) is 25.6. The summed E-state index contributed by atoms with van der Waals surface area (Å²) in [5.74, 6) is 0.756. The van der Waals surface area contributed by atoms with Gasteiger partial charge in [-0.1, -0.05) is 66.6 Å². The Balaban J connectivity index is 1.58. The fourth-order valence-corrected chi connectivity index (χ4v) is 9.97. The smallest absolute Gasteiger partial charge is 0.403 e. The number of rotatable bonds is 2. The molecule has 4 unspecified atom stereocenters. The average Bonchev–Trinajstić information content (AvgIpc) is 3.05. The molecule has 0 saturated carbocycles. The lowest BCUT2D eigenvalue weighted by molar-refractivity contribution is 0.106. The zero-order valence-electron chi connectivity index (χ0n) is 27.0. The van der Waals surface area contributed by atoms with Gasteiger partial charge in [-0.15, -0.1) is 0 Å². The van der Waals surface area contributed by atoms with E-state index in [1.807, 2.05) is 0 Å². The molecule has 4 nitrogen and oxygen atoms in total. The fraction of sp³-hybridized carbons (Fsp3) is 0.385. The number of hydrogen-bond donors (Lipinski definition) is 1. The molecule has 44 heavy (non-hydrogen) atoms. The van der Waals surface area contributed by atoms with Crippen molar-refractivity contribution in [3.8, 4) is 16.9 Å². The summed E-state index contributed by atoms with van der Waals surface area (Å²) in [4.78, 5) is 11.5. The molecule has 4 aromatic carbocycles. The second kappa shape index (κ2) is 10.7. The Morgan fingerprint density at radius 3 is 2.11 bits per heavy atom. The highest BCUT2D eigenvalue weighted by molar-refractivity contribution is 7.47. The van der Waals surface area contributed by atoms with Crippen LogP contribution >= 0.6 is 7.82 Å². The lowest BCUT2D eigenvalue weighted by atomic mass is 9.65. The van der Waals surface area contributed by atoms with Crippen LogP contribution in [-0.4, -0.2) is 11.0 Å². The number of benzene rings is 4. The zero-order valence-corrected chi connectivity index (χ0v) is 27.8. The average molecular weight is 607 g/mol. The highest BCUT2D eigenvalue weighted by Gasteiger charge is 2.50. The van der Waals surface area contributed by atoms with Crippen molar-refractivity contribution in [3.05, 3.63) is 121 Å².